The topological polar surface area (TPSA) is 128 Å². The summed E-state index contributed by atoms with van der Waals surface area (Å²) in [7, 11) is -2.97. The third-order valence-electron chi connectivity index (χ3n) is 4.91. The SMILES string of the molecule is COC(=O)c1c(NC(=O)CS(=O)(=O)c2nnc(-c3ccccc3Cl)o2)sc2c1CCCC2. The van der Waals surface area contributed by atoms with Gasteiger partial charge < -0.3 is 14.5 Å². The number of rotatable bonds is 6. The van der Waals surface area contributed by atoms with Gasteiger partial charge in [0.2, 0.25) is 21.6 Å². The number of carbonyl (C=O) groups is 2. The van der Waals surface area contributed by atoms with Gasteiger partial charge in [-0.1, -0.05) is 28.8 Å². The number of methoxy groups -OCH3 is 1. The van der Waals surface area contributed by atoms with Crippen LogP contribution >= 0.6 is 22.9 Å². The maximum absolute atomic E-state index is 12.7. The van der Waals surface area contributed by atoms with E-state index in [-0.39, 0.29) is 16.5 Å². The molecule has 1 aromatic carbocycles. The van der Waals surface area contributed by atoms with Gasteiger partial charge in [-0.05, 0) is 43.4 Å². The van der Waals surface area contributed by atoms with Crippen LogP contribution < -0.4 is 5.32 Å². The van der Waals surface area contributed by atoms with Gasteiger partial charge in [-0.15, -0.1) is 16.4 Å². The number of hydrogen-bond acceptors (Lipinski definition) is 9. The summed E-state index contributed by atoms with van der Waals surface area (Å²) in [6, 6.07) is 6.59. The molecule has 1 N–H and O–H groups in total. The molecule has 1 amide bonds. The molecule has 12 heteroatoms. The second-order valence-electron chi connectivity index (χ2n) is 7.07. The number of carbonyl (C=O) groups excluding carboxylic acids is 2. The zero-order valence-corrected chi connectivity index (χ0v) is 19.3. The second-order valence-corrected chi connectivity index (χ2v) is 10.4. The minimum atomic E-state index is -4.23. The standard InChI is InChI=1S/C20H18ClN3O6S2/c1-29-19(26)16-12-7-3-5-9-14(12)31-18(16)22-15(25)10-32(27,28)20-24-23-17(30-20)11-6-2-4-8-13(11)21/h2,4,6,8H,3,5,7,9-10H2,1H3,(H,22,25). The van der Waals surface area contributed by atoms with Crippen LogP contribution in [-0.2, 0) is 32.2 Å². The van der Waals surface area contributed by atoms with Gasteiger partial charge in [0.05, 0.1) is 23.3 Å². The molecule has 3 aromatic rings. The molecule has 0 fully saturated rings. The maximum atomic E-state index is 12.7. The minimum Gasteiger partial charge on any atom is -0.465 e. The van der Waals surface area contributed by atoms with Crippen molar-refractivity contribution < 1.29 is 27.2 Å². The maximum Gasteiger partial charge on any atom is 0.341 e. The first-order valence-corrected chi connectivity index (χ1v) is 12.5. The summed E-state index contributed by atoms with van der Waals surface area (Å²) in [6.45, 7) is 0. The van der Waals surface area contributed by atoms with Crippen molar-refractivity contribution in [3.05, 3.63) is 45.3 Å². The largest absolute Gasteiger partial charge is 0.465 e. The Morgan fingerprint density at radius 3 is 2.72 bits per heavy atom. The molecule has 0 aliphatic heterocycles. The lowest BCUT2D eigenvalue weighted by molar-refractivity contribution is -0.113. The molecule has 168 valence electrons. The van der Waals surface area contributed by atoms with Crippen LogP contribution in [0.3, 0.4) is 0 Å². The molecule has 0 saturated carbocycles. The van der Waals surface area contributed by atoms with E-state index in [0.717, 1.165) is 29.7 Å². The van der Waals surface area contributed by atoms with E-state index in [1.807, 2.05) is 0 Å². The van der Waals surface area contributed by atoms with Gasteiger partial charge in [0.25, 0.3) is 0 Å². The van der Waals surface area contributed by atoms with E-state index in [4.69, 9.17) is 20.8 Å². The van der Waals surface area contributed by atoms with Crippen LogP contribution in [0.1, 0.15) is 33.6 Å². The number of thiophene rings is 1. The van der Waals surface area contributed by atoms with Crippen molar-refractivity contribution in [2.24, 2.45) is 0 Å². The van der Waals surface area contributed by atoms with Crippen LogP contribution in [0, 0.1) is 0 Å². The second kappa shape index (κ2) is 9.00. The van der Waals surface area contributed by atoms with Crippen LogP contribution in [0.25, 0.3) is 11.5 Å². The molecule has 0 saturated heterocycles. The van der Waals surface area contributed by atoms with Crippen LogP contribution in [0.2, 0.25) is 5.02 Å². The van der Waals surface area contributed by atoms with Gasteiger partial charge in [-0.25, -0.2) is 13.2 Å². The third-order valence-corrected chi connectivity index (χ3v) is 7.79. The fourth-order valence-corrected chi connectivity index (χ4v) is 5.87. The number of amides is 1. The Labute approximate surface area is 192 Å². The number of sulfone groups is 1. The van der Waals surface area contributed by atoms with Crippen LogP contribution in [0.5, 0.6) is 0 Å². The smallest absolute Gasteiger partial charge is 0.341 e. The van der Waals surface area contributed by atoms with E-state index < -0.39 is 32.7 Å². The minimum absolute atomic E-state index is 0.0755. The van der Waals surface area contributed by atoms with Gasteiger partial charge in [0.1, 0.15) is 10.8 Å². The highest BCUT2D eigenvalue weighted by atomic mass is 35.5. The molecule has 2 heterocycles. The Morgan fingerprint density at radius 1 is 1.22 bits per heavy atom. The summed E-state index contributed by atoms with van der Waals surface area (Å²) in [5.74, 6) is -2.40. The Balaban J connectivity index is 1.54. The number of nitrogens with zero attached hydrogens (tertiary/aromatic N) is 2. The molecular formula is C20H18ClN3O6S2. The normalized spacial score (nSPS) is 13.4. The Morgan fingerprint density at radius 2 is 1.97 bits per heavy atom. The first-order valence-electron chi connectivity index (χ1n) is 9.64. The fraction of sp³-hybridized carbons (Fsp3) is 0.300. The molecule has 0 unspecified atom stereocenters. The van der Waals surface area contributed by atoms with E-state index >= 15 is 0 Å². The van der Waals surface area contributed by atoms with Gasteiger partial charge in [0, 0.05) is 4.88 Å². The number of ether oxygens (including phenoxy) is 1. The number of anilines is 1. The molecule has 0 spiro atoms. The average molecular weight is 496 g/mol. The molecule has 1 aliphatic rings. The number of esters is 1. The van der Waals surface area contributed by atoms with Crippen LogP contribution in [0.15, 0.2) is 33.9 Å². The van der Waals surface area contributed by atoms with E-state index in [1.54, 1.807) is 24.3 Å². The van der Waals surface area contributed by atoms with E-state index in [2.05, 4.69) is 15.5 Å². The molecule has 0 bridgehead atoms. The van der Waals surface area contributed by atoms with Crippen molar-refractivity contribution in [1.29, 1.82) is 0 Å². The molecule has 0 atom stereocenters. The Bertz CT molecular complexity index is 1300. The highest BCUT2D eigenvalue weighted by Gasteiger charge is 2.30. The number of aryl methyl sites for hydroxylation is 1. The molecule has 1 aliphatic carbocycles. The summed E-state index contributed by atoms with van der Waals surface area (Å²) in [4.78, 5) is 25.8. The van der Waals surface area contributed by atoms with Gasteiger partial charge in [-0.3, -0.25) is 4.79 Å². The fourth-order valence-electron chi connectivity index (χ4n) is 3.45. The highest BCUT2D eigenvalue weighted by molar-refractivity contribution is 7.91. The van der Waals surface area contributed by atoms with Crippen LogP contribution in [-0.4, -0.2) is 43.4 Å². The number of aromatic nitrogens is 2. The Kier molecular flexibility index (Phi) is 6.31. The van der Waals surface area contributed by atoms with Crippen molar-refractivity contribution >= 4 is 49.7 Å². The van der Waals surface area contributed by atoms with Crippen molar-refractivity contribution in [3.8, 4) is 11.5 Å². The lowest BCUT2D eigenvalue weighted by Crippen LogP contribution is -2.24. The summed E-state index contributed by atoms with van der Waals surface area (Å²) in [5, 5.41) is 9.74. The molecule has 2 aromatic heterocycles. The number of fused-ring (bicyclic) bond motifs is 1. The lowest BCUT2D eigenvalue weighted by Gasteiger charge is -2.11. The zero-order valence-electron chi connectivity index (χ0n) is 16.9. The Hall–Kier alpha value is -2.76. The van der Waals surface area contributed by atoms with Crippen molar-refractivity contribution in [2.45, 2.75) is 30.9 Å². The third kappa shape index (κ3) is 4.41. The summed E-state index contributed by atoms with van der Waals surface area (Å²) in [6.07, 6.45) is 3.42. The van der Waals surface area contributed by atoms with Crippen LogP contribution in [0.4, 0.5) is 5.00 Å². The monoisotopic (exact) mass is 495 g/mol. The van der Waals surface area contributed by atoms with Gasteiger partial charge in [0.15, 0.2) is 0 Å². The number of nitrogens with one attached hydrogen (secondary N) is 1. The predicted molar refractivity (Wildman–Crippen MR) is 118 cm³/mol. The quantitative estimate of drug-likeness (QED) is 0.514. The van der Waals surface area contributed by atoms with E-state index in [0.29, 0.717) is 17.0 Å². The summed E-state index contributed by atoms with van der Waals surface area (Å²) >= 11 is 7.34. The average Bonchev–Trinajstić information content (AvgIpc) is 3.38. The number of benzene rings is 1. The van der Waals surface area contributed by atoms with Crippen molar-refractivity contribution in [3.63, 3.8) is 0 Å². The van der Waals surface area contributed by atoms with Gasteiger partial charge in [-0.2, -0.15) is 0 Å². The molecular weight excluding hydrogens is 478 g/mol. The van der Waals surface area contributed by atoms with Crippen molar-refractivity contribution in [1.82, 2.24) is 10.2 Å². The van der Waals surface area contributed by atoms with E-state index in [1.165, 1.54) is 18.4 Å². The molecule has 4 rings (SSSR count). The van der Waals surface area contributed by atoms with Gasteiger partial charge >= 0.3 is 11.2 Å². The molecule has 0 radical (unpaired) electrons. The molecule has 9 nitrogen and oxygen atoms in total. The predicted octanol–water partition coefficient (Wildman–Crippen LogP) is 3.53. The first-order chi connectivity index (χ1) is 15.3. The van der Waals surface area contributed by atoms with E-state index in [9.17, 15) is 18.0 Å². The highest BCUT2D eigenvalue weighted by Crippen LogP contribution is 2.38. The van der Waals surface area contributed by atoms with Crippen molar-refractivity contribution in [2.75, 3.05) is 18.2 Å². The number of halogens is 1. The summed E-state index contributed by atoms with van der Waals surface area (Å²) < 4.78 is 35.4. The lowest BCUT2D eigenvalue weighted by atomic mass is 9.95. The zero-order chi connectivity index (χ0) is 22.9. The number of hydrogen-bond donors (Lipinski definition) is 1. The molecule has 32 heavy (non-hydrogen) atoms. The summed E-state index contributed by atoms with van der Waals surface area (Å²) in [5.41, 5.74) is 1.52. The first kappa shape index (κ1) is 22.4.